The Morgan fingerprint density at radius 3 is 2.66 bits per heavy atom. The Bertz CT molecular complexity index is 1240. The number of amides is 2. The highest BCUT2D eigenvalue weighted by molar-refractivity contribution is 7.89. The Morgan fingerprint density at radius 1 is 1.16 bits per heavy atom. The number of thiazole rings is 1. The van der Waals surface area contributed by atoms with Crippen molar-refractivity contribution in [3.05, 3.63) is 58.8 Å². The Labute approximate surface area is 189 Å². The van der Waals surface area contributed by atoms with Crippen LogP contribution in [0.4, 0.5) is 0 Å². The summed E-state index contributed by atoms with van der Waals surface area (Å²) in [6.07, 6.45) is 1.62. The standard InChI is InChI=1S/C21H22N4O5S2/c1-14-7-8-18(30-14)21-22-16(13-31-21)12-19(26)23-24-20(27)15-5-4-6-17(11-15)32(28,29)25-9-2-3-10-25/h4-8,11,13H,2-3,9-10,12H2,1H3,(H,23,26)(H,24,27). The zero-order chi connectivity index (χ0) is 22.7. The Hall–Kier alpha value is -3.02. The third-order valence-corrected chi connectivity index (χ3v) is 7.76. The van der Waals surface area contributed by atoms with Crippen LogP contribution in [0.25, 0.3) is 10.8 Å². The molecule has 0 aliphatic carbocycles. The number of aryl methyl sites for hydroxylation is 1. The number of furan rings is 1. The second-order valence-corrected chi connectivity index (χ2v) is 10.2. The molecule has 9 nitrogen and oxygen atoms in total. The molecule has 0 bridgehead atoms. The van der Waals surface area contributed by atoms with Gasteiger partial charge in [0.2, 0.25) is 15.9 Å². The van der Waals surface area contributed by atoms with Crippen molar-refractivity contribution in [3.8, 4) is 10.8 Å². The number of hydrogen-bond donors (Lipinski definition) is 2. The van der Waals surface area contributed by atoms with E-state index in [1.165, 1.54) is 39.9 Å². The van der Waals surface area contributed by atoms with Gasteiger partial charge in [0.25, 0.3) is 5.91 Å². The number of hydrazine groups is 1. The molecule has 4 rings (SSSR count). The van der Waals surface area contributed by atoms with E-state index in [0.717, 1.165) is 18.6 Å². The van der Waals surface area contributed by atoms with Gasteiger partial charge in [0.05, 0.1) is 17.0 Å². The Balaban J connectivity index is 1.35. The number of carbonyl (C=O) groups excluding carboxylic acids is 2. The summed E-state index contributed by atoms with van der Waals surface area (Å²) in [5.74, 6) is 0.347. The Morgan fingerprint density at radius 2 is 1.94 bits per heavy atom. The molecular formula is C21H22N4O5S2. The first-order valence-corrected chi connectivity index (χ1v) is 12.4. The lowest BCUT2D eigenvalue weighted by molar-refractivity contribution is -0.121. The summed E-state index contributed by atoms with van der Waals surface area (Å²) >= 11 is 1.36. The lowest BCUT2D eigenvalue weighted by Gasteiger charge is -2.16. The topological polar surface area (TPSA) is 122 Å². The highest BCUT2D eigenvalue weighted by atomic mass is 32.2. The summed E-state index contributed by atoms with van der Waals surface area (Å²) < 4.78 is 32.3. The lowest BCUT2D eigenvalue weighted by Crippen LogP contribution is -2.42. The van der Waals surface area contributed by atoms with Gasteiger partial charge >= 0.3 is 0 Å². The molecule has 0 radical (unpaired) electrons. The van der Waals surface area contributed by atoms with Crippen molar-refractivity contribution in [2.24, 2.45) is 0 Å². The molecule has 0 saturated carbocycles. The van der Waals surface area contributed by atoms with Gasteiger partial charge in [-0.3, -0.25) is 20.4 Å². The van der Waals surface area contributed by atoms with Crippen LogP contribution in [0.1, 0.15) is 34.7 Å². The Kier molecular flexibility index (Phi) is 6.40. The van der Waals surface area contributed by atoms with Crippen LogP contribution in [0, 0.1) is 6.92 Å². The van der Waals surface area contributed by atoms with Crippen LogP contribution >= 0.6 is 11.3 Å². The van der Waals surface area contributed by atoms with Gasteiger partial charge in [-0.05, 0) is 50.1 Å². The molecular weight excluding hydrogens is 452 g/mol. The van der Waals surface area contributed by atoms with Crippen LogP contribution in [0.15, 0.2) is 51.1 Å². The zero-order valence-electron chi connectivity index (χ0n) is 17.3. The number of nitrogens with zero attached hydrogens (tertiary/aromatic N) is 2. The summed E-state index contributed by atoms with van der Waals surface area (Å²) in [6.45, 7) is 2.80. The van der Waals surface area contributed by atoms with Crippen LogP contribution in [-0.4, -0.2) is 42.6 Å². The van der Waals surface area contributed by atoms with Crippen LogP contribution in [-0.2, 0) is 21.2 Å². The first kappa shape index (κ1) is 22.2. The number of carbonyl (C=O) groups is 2. The van der Waals surface area contributed by atoms with Crippen molar-refractivity contribution >= 4 is 33.2 Å². The van der Waals surface area contributed by atoms with Crippen molar-refractivity contribution in [1.29, 1.82) is 0 Å². The average molecular weight is 475 g/mol. The molecule has 3 aromatic rings. The van der Waals surface area contributed by atoms with Gasteiger partial charge in [-0.25, -0.2) is 13.4 Å². The van der Waals surface area contributed by atoms with Crippen LogP contribution in [0.3, 0.4) is 0 Å². The predicted octanol–water partition coefficient (Wildman–Crippen LogP) is 2.50. The van der Waals surface area contributed by atoms with Crippen LogP contribution < -0.4 is 10.9 Å². The molecule has 1 saturated heterocycles. The summed E-state index contributed by atoms with van der Waals surface area (Å²) in [5.41, 5.74) is 5.34. The first-order valence-electron chi connectivity index (χ1n) is 10.0. The molecule has 1 fully saturated rings. The normalized spacial score (nSPS) is 14.4. The van der Waals surface area contributed by atoms with Crippen molar-refractivity contribution in [3.63, 3.8) is 0 Å². The van der Waals surface area contributed by atoms with Crippen molar-refractivity contribution < 1.29 is 22.4 Å². The highest BCUT2D eigenvalue weighted by Gasteiger charge is 2.27. The van der Waals surface area contributed by atoms with Crippen LogP contribution in [0.2, 0.25) is 0 Å². The summed E-state index contributed by atoms with van der Waals surface area (Å²) in [6, 6.07) is 9.42. The van der Waals surface area contributed by atoms with E-state index in [0.29, 0.717) is 29.6 Å². The molecule has 1 aromatic carbocycles. The summed E-state index contributed by atoms with van der Waals surface area (Å²) in [7, 11) is -3.63. The van der Waals surface area contributed by atoms with E-state index >= 15 is 0 Å². The molecule has 1 aliphatic heterocycles. The maximum Gasteiger partial charge on any atom is 0.269 e. The molecule has 168 valence electrons. The summed E-state index contributed by atoms with van der Waals surface area (Å²) in [5, 5.41) is 2.42. The van der Waals surface area contributed by atoms with Gasteiger partial charge in [-0.1, -0.05) is 6.07 Å². The van der Waals surface area contributed by atoms with E-state index in [2.05, 4.69) is 15.8 Å². The minimum atomic E-state index is -3.63. The smallest absolute Gasteiger partial charge is 0.269 e. The fourth-order valence-electron chi connectivity index (χ4n) is 3.33. The third kappa shape index (κ3) is 4.90. The van der Waals surface area contributed by atoms with Crippen molar-refractivity contribution in [2.45, 2.75) is 31.1 Å². The van der Waals surface area contributed by atoms with E-state index < -0.39 is 21.8 Å². The van der Waals surface area contributed by atoms with Crippen molar-refractivity contribution in [2.75, 3.05) is 13.1 Å². The molecule has 2 aromatic heterocycles. The molecule has 0 spiro atoms. The number of benzene rings is 1. The van der Waals surface area contributed by atoms with Gasteiger partial charge in [-0.2, -0.15) is 4.31 Å². The number of rotatable bonds is 6. The quantitative estimate of drug-likeness (QED) is 0.530. The maximum absolute atomic E-state index is 12.7. The fraction of sp³-hybridized carbons (Fsp3) is 0.286. The lowest BCUT2D eigenvalue weighted by atomic mass is 10.2. The first-order chi connectivity index (χ1) is 15.3. The number of nitrogens with one attached hydrogen (secondary N) is 2. The van der Waals surface area contributed by atoms with Crippen molar-refractivity contribution in [1.82, 2.24) is 20.1 Å². The van der Waals surface area contributed by atoms with Gasteiger partial charge in [0, 0.05) is 24.0 Å². The second-order valence-electron chi connectivity index (χ2n) is 7.37. The molecule has 11 heteroatoms. The zero-order valence-corrected chi connectivity index (χ0v) is 19.0. The van der Waals surface area contributed by atoms with Crippen LogP contribution in [0.5, 0.6) is 0 Å². The highest BCUT2D eigenvalue weighted by Crippen LogP contribution is 2.25. The fourth-order valence-corrected chi connectivity index (χ4v) is 5.68. The maximum atomic E-state index is 12.7. The number of sulfonamides is 1. The molecule has 32 heavy (non-hydrogen) atoms. The minimum absolute atomic E-state index is 0.0279. The largest absolute Gasteiger partial charge is 0.459 e. The van der Waals surface area contributed by atoms with E-state index in [1.54, 1.807) is 5.38 Å². The molecule has 2 N–H and O–H groups in total. The van der Waals surface area contributed by atoms with Gasteiger partial charge in [-0.15, -0.1) is 11.3 Å². The average Bonchev–Trinajstić information content (AvgIpc) is 3.54. The molecule has 0 unspecified atom stereocenters. The molecule has 0 atom stereocenters. The molecule has 1 aliphatic rings. The minimum Gasteiger partial charge on any atom is -0.459 e. The van der Waals surface area contributed by atoms with E-state index in [-0.39, 0.29) is 16.9 Å². The van der Waals surface area contributed by atoms with Gasteiger partial charge in [0.15, 0.2) is 10.8 Å². The van der Waals surface area contributed by atoms with E-state index in [4.69, 9.17) is 4.42 Å². The van der Waals surface area contributed by atoms with Gasteiger partial charge in [0.1, 0.15) is 5.76 Å². The second kappa shape index (κ2) is 9.23. The number of aromatic nitrogens is 1. The predicted molar refractivity (Wildman–Crippen MR) is 118 cm³/mol. The molecule has 2 amide bonds. The third-order valence-electron chi connectivity index (χ3n) is 4.96. The summed E-state index contributed by atoms with van der Waals surface area (Å²) in [4.78, 5) is 29.1. The number of hydrogen-bond acceptors (Lipinski definition) is 7. The SMILES string of the molecule is Cc1ccc(-c2nc(CC(=O)NNC(=O)c3cccc(S(=O)(=O)N4CCCC4)c3)cs2)o1. The van der Waals surface area contributed by atoms with Gasteiger partial charge < -0.3 is 4.42 Å². The monoisotopic (exact) mass is 474 g/mol. The van der Waals surface area contributed by atoms with E-state index in [9.17, 15) is 18.0 Å². The van der Waals surface area contributed by atoms with E-state index in [1.807, 2.05) is 19.1 Å². The molecule has 3 heterocycles.